The fraction of sp³-hybridized carbons (Fsp3) is 0.600. The highest BCUT2D eigenvalue weighted by atomic mass is 79.9. The van der Waals surface area contributed by atoms with Crippen LogP contribution in [0.25, 0.3) is 0 Å². The number of sulfone groups is 1. The summed E-state index contributed by atoms with van der Waals surface area (Å²) in [4.78, 5) is 18.1. The zero-order chi connectivity index (χ0) is 16.3. The molecule has 0 aromatic carbocycles. The average molecular weight is 389 g/mol. The van der Waals surface area contributed by atoms with Crippen molar-refractivity contribution in [3.05, 3.63) is 28.5 Å². The minimum absolute atomic E-state index is 0.0893. The smallest absolute Gasteiger partial charge is 0.255 e. The summed E-state index contributed by atoms with van der Waals surface area (Å²) in [6, 6.07) is 1.73. The lowest BCUT2D eigenvalue weighted by Gasteiger charge is -2.32. The Morgan fingerprint density at radius 2 is 2.00 bits per heavy atom. The summed E-state index contributed by atoms with van der Waals surface area (Å²) >= 11 is 3.30. The van der Waals surface area contributed by atoms with E-state index in [1.807, 2.05) is 13.8 Å². The molecule has 1 fully saturated rings. The van der Waals surface area contributed by atoms with Gasteiger partial charge in [0.2, 0.25) is 0 Å². The summed E-state index contributed by atoms with van der Waals surface area (Å²) in [5, 5.41) is -0.320. The predicted octanol–water partition coefficient (Wildman–Crippen LogP) is 2.52. The Morgan fingerprint density at radius 3 is 2.55 bits per heavy atom. The van der Waals surface area contributed by atoms with Crippen molar-refractivity contribution in [2.45, 2.75) is 31.9 Å². The van der Waals surface area contributed by atoms with Crippen LogP contribution in [0.3, 0.4) is 0 Å². The molecule has 1 saturated heterocycles. The van der Waals surface area contributed by atoms with Gasteiger partial charge in [-0.25, -0.2) is 8.42 Å². The quantitative estimate of drug-likeness (QED) is 0.794. The largest absolute Gasteiger partial charge is 0.339 e. The van der Waals surface area contributed by atoms with Gasteiger partial charge in [0.15, 0.2) is 9.84 Å². The molecule has 1 aliphatic heterocycles. The first-order chi connectivity index (χ1) is 10.3. The van der Waals surface area contributed by atoms with Crippen molar-refractivity contribution in [3.63, 3.8) is 0 Å². The van der Waals surface area contributed by atoms with Gasteiger partial charge < -0.3 is 4.90 Å². The van der Waals surface area contributed by atoms with Gasteiger partial charge in [-0.05, 0) is 40.8 Å². The normalized spacial score (nSPS) is 17.0. The Morgan fingerprint density at radius 1 is 1.36 bits per heavy atom. The zero-order valence-electron chi connectivity index (χ0n) is 12.8. The molecule has 0 aliphatic carbocycles. The van der Waals surface area contributed by atoms with E-state index in [1.165, 1.54) is 6.20 Å². The van der Waals surface area contributed by atoms with E-state index in [0.717, 1.165) is 4.47 Å². The molecule has 0 atom stereocenters. The van der Waals surface area contributed by atoms with Crippen molar-refractivity contribution < 1.29 is 13.2 Å². The highest BCUT2D eigenvalue weighted by molar-refractivity contribution is 9.10. The van der Waals surface area contributed by atoms with E-state index in [9.17, 15) is 13.2 Å². The van der Waals surface area contributed by atoms with E-state index in [1.54, 1.807) is 17.2 Å². The Labute approximate surface area is 140 Å². The number of halogens is 1. The Bertz CT molecular complexity index is 638. The molecule has 1 aliphatic rings. The maximum Gasteiger partial charge on any atom is 0.255 e. The Hall–Kier alpha value is -0.950. The van der Waals surface area contributed by atoms with Gasteiger partial charge in [0.1, 0.15) is 0 Å². The molecule has 1 amide bonds. The first kappa shape index (κ1) is 17.4. The third-order valence-corrected chi connectivity index (χ3v) is 6.81. The summed E-state index contributed by atoms with van der Waals surface area (Å²) in [5.74, 6) is 0.271. The number of carbonyl (C=O) groups excluding carboxylic acids is 1. The maximum absolute atomic E-state index is 12.4. The fourth-order valence-electron chi connectivity index (χ4n) is 2.73. The van der Waals surface area contributed by atoms with E-state index in [2.05, 4.69) is 20.9 Å². The third-order valence-electron chi connectivity index (χ3n) is 3.75. The molecule has 122 valence electrons. The maximum atomic E-state index is 12.4. The van der Waals surface area contributed by atoms with Crippen LogP contribution in [0, 0.1) is 5.92 Å². The summed E-state index contributed by atoms with van der Waals surface area (Å²) in [5.41, 5.74) is 0.526. The Balaban J connectivity index is 1.99. The second-order valence-corrected chi connectivity index (χ2v) is 9.35. The monoisotopic (exact) mass is 388 g/mol. The van der Waals surface area contributed by atoms with Crippen molar-refractivity contribution in [3.8, 4) is 0 Å². The van der Waals surface area contributed by atoms with Gasteiger partial charge in [-0.15, -0.1) is 0 Å². The molecule has 5 nitrogen and oxygen atoms in total. The average Bonchev–Trinajstić information content (AvgIpc) is 2.45. The fourth-order valence-corrected chi connectivity index (χ4v) is 5.23. The van der Waals surface area contributed by atoms with E-state index < -0.39 is 9.84 Å². The summed E-state index contributed by atoms with van der Waals surface area (Å²) < 4.78 is 25.3. The summed E-state index contributed by atoms with van der Waals surface area (Å²) in [6.07, 6.45) is 4.20. The van der Waals surface area contributed by atoms with Crippen molar-refractivity contribution in [1.29, 1.82) is 0 Å². The molecule has 0 N–H and O–H groups in total. The number of aromatic nitrogens is 1. The molecule has 1 aromatic rings. The van der Waals surface area contributed by atoms with Crippen molar-refractivity contribution in [1.82, 2.24) is 9.88 Å². The van der Waals surface area contributed by atoms with E-state index >= 15 is 0 Å². The molecule has 0 spiro atoms. The molecular formula is C15H21BrN2O3S. The minimum Gasteiger partial charge on any atom is -0.339 e. The van der Waals surface area contributed by atoms with Crippen LogP contribution in [-0.2, 0) is 9.84 Å². The Kier molecular flexibility index (Phi) is 5.60. The minimum atomic E-state index is -3.06. The van der Waals surface area contributed by atoms with Crippen LogP contribution in [-0.4, -0.2) is 48.3 Å². The molecule has 0 unspecified atom stereocenters. The van der Waals surface area contributed by atoms with E-state index in [-0.39, 0.29) is 22.8 Å². The zero-order valence-corrected chi connectivity index (χ0v) is 15.2. The number of carbonyl (C=O) groups is 1. The lowest BCUT2D eigenvalue weighted by Crippen LogP contribution is -2.43. The van der Waals surface area contributed by atoms with E-state index in [0.29, 0.717) is 31.5 Å². The summed E-state index contributed by atoms with van der Waals surface area (Å²) in [6.45, 7) is 4.79. The highest BCUT2D eigenvalue weighted by Crippen LogP contribution is 2.22. The van der Waals surface area contributed by atoms with Crippen LogP contribution in [0.5, 0.6) is 0 Å². The molecule has 7 heteroatoms. The number of pyridine rings is 1. The molecule has 0 saturated carbocycles. The van der Waals surface area contributed by atoms with Crippen LogP contribution in [0.1, 0.15) is 37.0 Å². The van der Waals surface area contributed by atoms with Crippen molar-refractivity contribution >= 4 is 31.7 Å². The van der Waals surface area contributed by atoms with Gasteiger partial charge >= 0.3 is 0 Å². The SMILES string of the molecule is CC(C)CS(=O)(=O)C1CCN(C(=O)c2cncc(Br)c2)CC1. The number of hydrogen-bond donors (Lipinski definition) is 0. The highest BCUT2D eigenvalue weighted by Gasteiger charge is 2.32. The number of rotatable bonds is 4. The van der Waals surface area contributed by atoms with Gasteiger partial charge in [-0.1, -0.05) is 13.8 Å². The number of nitrogens with zero attached hydrogens (tertiary/aromatic N) is 2. The lowest BCUT2D eigenvalue weighted by atomic mass is 10.1. The standard InChI is InChI=1S/C15H21BrN2O3S/c1-11(2)10-22(20,21)14-3-5-18(6-4-14)15(19)12-7-13(16)9-17-8-12/h7-9,11,14H,3-6,10H2,1-2H3. The van der Waals surface area contributed by atoms with Crippen molar-refractivity contribution in [2.24, 2.45) is 5.92 Å². The molecule has 0 radical (unpaired) electrons. The number of amides is 1. The molecule has 1 aromatic heterocycles. The number of likely N-dealkylation sites (tertiary alicyclic amines) is 1. The number of hydrogen-bond acceptors (Lipinski definition) is 4. The first-order valence-electron chi connectivity index (χ1n) is 7.41. The van der Waals surface area contributed by atoms with Crippen molar-refractivity contribution in [2.75, 3.05) is 18.8 Å². The van der Waals surface area contributed by atoms with Crippen LogP contribution in [0.15, 0.2) is 22.9 Å². The second-order valence-electron chi connectivity index (χ2n) is 6.11. The molecule has 2 rings (SSSR count). The van der Waals surface area contributed by atoms with Gasteiger partial charge in [0.25, 0.3) is 5.91 Å². The van der Waals surface area contributed by atoms with Crippen LogP contribution < -0.4 is 0 Å². The number of piperidine rings is 1. The van der Waals surface area contributed by atoms with Gasteiger partial charge in [-0.3, -0.25) is 9.78 Å². The molecule has 22 heavy (non-hydrogen) atoms. The predicted molar refractivity (Wildman–Crippen MR) is 89.5 cm³/mol. The molecule has 0 bridgehead atoms. The molecule has 2 heterocycles. The van der Waals surface area contributed by atoms with Gasteiger partial charge in [-0.2, -0.15) is 0 Å². The van der Waals surface area contributed by atoms with Crippen LogP contribution >= 0.6 is 15.9 Å². The van der Waals surface area contributed by atoms with Gasteiger partial charge in [0.05, 0.1) is 16.6 Å². The topological polar surface area (TPSA) is 67.3 Å². The second kappa shape index (κ2) is 7.08. The van der Waals surface area contributed by atoms with Crippen LogP contribution in [0.2, 0.25) is 0 Å². The lowest BCUT2D eigenvalue weighted by molar-refractivity contribution is 0.0725. The first-order valence-corrected chi connectivity index (χ1v) is 9.92. The van der Waals surface area contributed by atoms with Gasteiger partial charge in [0, 0.05) is 30.0 Å². The van der Waals surface area contributed by atoms with E-state index in [4.69, 9.17) is 0 Å². The summed E-state index contributed by atoms with van der Waals surface area (Å²) in [7, 11) is -3.06. The van der Waals surface area contributed by atoms with Crippen LogP contribution in [0.4, 0.5) is 0 Å². The third kappa shape index (κ3) is 4.29. The molecular weight excluding hydrogens is 368 g/mol.